The molecule has 1 aromatic carbocycles. The van der Waals surface area contributed by atoms with E-state index in [2.05, 4.69) is 30.9 Å². The highest BCUT2D eigenvalue weighted by Gasteiger charge is 2.21. The van der Waals surface area contributed by atoms with Crippen molar-refractivity contribution in [3.8, 4) is 11.6 Å². The summed E-state index contributed by atoms with van der Waals surface area (Å²) >= 11 is 6.30. The molecule has 0 spiro atoms. The number of halogens is 1. The van der Waals surface area contributed by atoms with Crippen molar-refractivity contribution in [2.24, 2.45) is 0 Å². The van der Waals surface area contributed by atoms with E-state index in [0.717, 1.165) is 49.1 Å². The van der Waals surface area contributed by atoms with E-state index in [1.54, 1.807) is 12.3 Å². The maximum Gasteiger partial charge on any atom is 0.225 e. The SMILES string of the molecule is Nc1nc(N2CCN(Cc3ccccc3Cl)CC2)cc2nc(-c3ccco3)nn12. The van der Waals surface area contributed by atoms with Gasteiger partial charge < -0.3 is 15.1 Å². The van der Waals surface area contributed by atoms with Gasteiger partial charge in [0.05, 0.1) is 6.26 Å². The minimum atomic E-state index is 0.307. The second-order valence-electron chi connectivity index (χ2n) is 7.01. The van der Waals surface area contributed by atoms with Crippen molar-refractivity contribution in [1.29, 1.82) is 0 Å². The van der Waals surface area contributed by atoms with Gasteiger partial charge in [-0.25, -0.2) is 4.98 Å². The lowest BCUT2D eigenvalue weighted by molar-refractivity contribution is 0.249. The second kappa shape index (κ2) is 7.38. The zero-order valence-corrected chi connectivity index (χ0v) is 16.5. The Morgan fingerprint density at radius 1 is 1.03 bits per heavy atom. The van der Waals surface area contributed by atoms with Crippen LogP contribution < -0.4 is 10.6 Å². The van der Waals surface area contributed by atoms with Crippen molar-refractivity contribution in [2.45, 2.75) is 6.54 Å². The molecule has 0 aliphatic carbocycles. The molecule has 0 radical (unpaired) electrons. The lowest BCUT2D eigenvalue weighted by Gasteiger charge is -2.35. The van der Waals surface area contributed by atoms with Gasteiger partial charge in [-0.2, -0.15) is 9.50 Å². The van der Waals surface area contributed by atoms with Crippen LogP contribution in [0, 0.1) is 0 Å². The van der Waals surface area contributed by atoms with Gasteiger partial charge in [0.1, 0.15) is 5.82 Å². The first-order valence-electron chi connectivity index (χ1n) is 9.45. The molecule has 9 heteroatoms. The molecule has 0 amide bonds. The average molecular weight is 410 g/mol. The van der Waals surface area contributed by atoms with Gasteiger partial charge in [0.25, 0.3) is 0 Å². The normalized spacial score (nSPS) is 15.3. The van der Waals surface area contributed by atoms with E-state index in [9.17, 15) is 0 Å². The maximum absolute atomic E-state index is 6.30. The monoisotopic (exact) mass is 409 g/mol. The van der Waals surface area contributed by atoms with Crippen molar-refractivity contribution in [3.63, 3.8) is 0 Å². The van der Waals surface area contributed by atoms with E-state index in [0.29, 0.717) is 23.2 Å². The first-order valence-corrected chi connectivity index (χ1v) is 9.83. The maximum atomic E-state index is 6.30. The van der Waals surface area contributed by atoms with Crippen LogP contribution in [0.25, 0.3) is 17.2 Å². The molecule has 29 heavy (non-hydrogen) atoms. The smallest absolute Gasteiger partial charge is 0.225 e. The highest BCUT2D eigenvalue weighted by atomic mass is 35.5. The molecule has 2 N–H and O–H groups in total. The fourth-order valence-corrected chi connectivity index (χ4v) is 3.77. The summed E-state index contributed by atoms with van der Waals surface area (Å²) in [7, 11) is 0. The summed E-state index contributed by atoms with van der Waals surface area (Å²) in [4.78, 5) is 13.7. The predicted octanol–water partition coefficient (Wildman–Crippen LogP) is 2.94. The molecular formula is C20H20ClN7O. The summed E-state index contributed by atoms with van der Waals surface area (Å²) < 4.78 is 6.92. The number of nitrogens with two attached hydrogens (primary N) is 1. The summed E-state index contributed by atoms with van der Waals surface area (Å²) in [6, 6.07) is 13.5. The Bertz CT molecular complexity index is 1130. The topological polar surface area (TPSA) is 88.7 Å². The number of benzene rings is 1. The number of hydrogen-bond acceptors (Lipinski definition) is 7. The Morgan fingerprint density at radius 3 is 2.62 bits per heavy atom. The average Bonchev–Trinajstić information content (AvgIpc) is 3.40. The standard InChI is InChI=1S/C20H20ClN7O/c21-15-5-2-1-4-14(15)13-26-7-9-27(10-8-26)17-12-18-23-19(16-6-3-11-29-16)25-28(18)20(22)24-17/h1-6,11-12H,7-10,13H2,(H2,22,24). The number of furan rings is 1. The van der Waals surface area contributed by atoms with Crippen molar-refractivity contribution in [3.05, 3.63) is 59.3 Å². The molecular weight excluding hydrogens is 390 g/mol. The van der Waals surface area contributed by atoms with Crippen molar-refractivity contribution in [2.75, 3.05) is 36.8 Å². The third kappa shape index (κ3) is 3.52. The Labute approximate surface area is 172 Å². The van der Waals surface area contributed by atoms with Crippen LogP contribution in [0.5, 0.6) is 0 Å². The molecule has 148 valence electrons. The predicted molar refractivity (Wildman–Crippen MR) is 112 cm³/mol. The Hall–Kier alpha value is -3.10. The number of hydrogen-bond donors (Lipinski definition) is 1. The minimum absolute atomic E-state index is 0.307. The van der Waals surface area contributed by atoms with E-state index in [1.165, 1.54) is 4.52 Å². The second-order valence-corrected chi connectivity index (χ2v) is 7.42. The van der Waals surface area contributed by atoms with Crippen LogP contribution in [0.3, 0.4) is 0 Å². The molecule has 1 saturated heterocycles. The van der Waals surface area contributed by atoms with Gasteiger partial charge in [-0.1, -0.05) is 29.8 Å². The summed E-state index contributed by atoms with van der Waals surface area (Å²) in [5.41, 5.74) is 7.95. The molecule has 0 bridgehead atoms. The lowest BCUT2D eigenvalue weighted by atomic mass is 10.2. The number of aromatic nitrogens is 4. The van der Waals surface area contributed by atoms with Gasteiger partial charge in [-0.3, -0.25) is 4.90 Å². The van der Waals surface area contributed by atoms with Crippen LogP contribution in [0.4, 0.5) is 11.8 Å². The number of fused-ring (bicyclic) bond motifs is 1. The zero-order valence-electron chi connectivity index (χ0n) is 15.7. The lowest BCUT2D eigenvalue weighted by Crippen LogP contribution is -2.46. The fraction of sp³-hybridized carbons (Fsp3) is 0.250. The van der Waals surface area contributed by atoms with Gasteiger partial charge in [-0.15, -0.1) is 5.10 Å². The molecule has 1 fully saturated rings. The summed E-state index contributed by atoms with van der Waals surface area (Å²) in [6.45, 7) is 4.39. The minimum Gasteiger partial charge on any atom is -0.461 e. The number of anilines is 2. The Morgan fingerprint density at radius 2 is 1.86 bits per heavy atom. The molecule has 1 aliphatic heterocycles. The number of nitrogen functional groups attached to an aromatic ring is 1. The van der Waals surface area contributed by atoms with Gasteiger partial charge >= 0.3 is 0 Å². The molecule has 4 heterocycles. The van der Waals surface area contributed by atoms with Crippen LogP contribution in [0.1, 0.15) is 5.56 Å². The number of nitrogens with zero attached hydrogens (tertiary/aromatic N) is 6. The zero-order chi connectivity index (χ0) is 19.8. The van der Waals surface area contributed by atoms with E-state index >= 15 is 0 Å². The Balaban J connectivity index is 1.32. The molecule has 5 rings (SSSR count). The molecule has 1 aliphatic rings. The largest absolute Gasteiger partial charge is 0.461 e. The quantitative estimate of drug-likeness (QED) is 0.554. The highest BCUT2D eigenvalue weighted by Crippen LogP contribution is 2.23. The summed E-state index contributed by atoms with van der Waals surface area (Å²) in [6.07, 6.45) is 1.59. The molecule has 0 saturated carbocycles. The van der Waals surface area contributed by atoms with E-state index < -0.39 is 0 Å². The van der Waals surface area contributed by atoms with Crippen molar-refractivity contribution >= 4 is 29.0 Å². The Kier molecular flexibility index (Phi) is 4.57. The first kappa shape index (κ1) is 18.0. The van der Waals surface area contributed by atoms with Crippen LogP contribution in [0.2, 0.25) is 5.02 Å². The van der Waals surface area contributed by atoms with E-state index in [4.69, 9.17) is 21.8 Å². The fourth-order valence-electron chi connectivity index (χ4n) is 3.57. The van der Waals surface area contributed by atoms with Crippen LogP contribution in [-0.2, 0) is 6.54 Å². The molecule has 3 aromatic heterocycles. The van der Waals surface area contributed by atoms with Crippen LogP contribution in [-0.4, -0.2) is 50.7 Å². The van der Waals surface area contributed by atoms with Crippen molar-refractivity contribution in [1.82, 2.24) is 24.5 Å². The van der Waals surface area contributed by atoms with E-state index in [1.807, 2.05) is 30.3 Å². The molecule has 0 unspecified atom stereocenters. The van der Waals surface area contributed by atoms with Gasteiger partial charge in [0.2, 0.25) is 11.8 Å². The van der Waals surface area contributed by atoms with Gasteiger partial charge in [0, 0.05) is 43.8 Å². The summed E-state index contributed by atoms with van der Waals surface area (Å²) in [5, 5.41) is 5.21. The van der Waals surface area contributed by atoms with E-state index in [-0.39, 0.29) is 0 Å². The third-order valence-electron chi connectivity index (χ3n) is 5.13. The molecule has 4 aromatic rings. The van der Waals surface area contributed by atoms with Gasteiger partial charge in [0.15, 0.2) is 11.4 Å². The van der Waals surface area contributed by atoms with Gasteiger partial charge in [-0.05, 0) is 23.8 Å². The van der Waals surface area contributed by atoms with Crippen molar-refractivity contribution < 1.29 is 4.42 Å². The van der Waals surface area contributed by atoms with Crippen LogP contribution in [0.15, 0.2) is 53.1 Å². The number of rotatable bonds is 4. The molecule has 8 nitrogen and oxygen atoms in total. The van der Waals surface area contributed by atoms with Crippen LogP contribution >= 0.6 is 11.6 Å². The third-order valence-corrected chi connectivity index (χ3v) is 5.49. The summed E-state index contributed by atoms with van der Waals surface area (Å²) in [5.74, 6) is 2.21. The highest BCUT2D eigenvalue weighted by molar-refractivity contribution is 6.31. The first-order chi connectivity index (χ1) is 14.2. The molecule has 0 atom stereocenters. The number of piperazine rings is 1.